The molecule has 1 aliphatic rings. The third-order valence-corrected chi connectivity index (χ3v) is 4.44. The number of pyridine rings is 2. The summed E-state index contributed by atoms with van der Waals surface area (Å²) < 4.78 is 1.45. The molecule has 0 bridgehead atoms. The molecule has 7 heteroatoms. The molecule has 1 atom stereocenters. The Morgan fingerprint density at radius 3 is 2.88 bits per heavy atom. The fourth-order valence-corrected chi connectivity index (χ4v) is 3.05. The minimum atomic E-state index is -0.152. The van der Waals surface area contributed by atoms with Gasteiger partial charge in [0, 0.05) is 31.4 Å². The molecule has 3 heterocycles. The first kappa shape index (κ1) is 17.0. The lowest BCUT2D eigenvalue weighted by Crippen LogP contribution is -2.37. The Morgan fingerprint density at radius 2 is 2.12 bits per heavy atom. The zero-order chi connectivity index (χ0) is 17.6. The van der Waals surface area contributed by atoms with Crippen molar-refractivity contribution in [2.24, 2.45) is 0 Å². The van der Waals surface area contributed by atoms with E-state index in [1.807, 2.05) is 11.0 Å². The minimum Gasteiger partial charge on any atom is -0.384 e. The number of carbonyl (C=O) groups excluding carboxylic acids is 1. The number of nitrogen functional groups attached to an aromatic ring is 1. The van der Waals surface area contributed by atoms with E-state index in [1.165, 1.54) is 10.6 Å². The van der Waals surface area contributed by atoms with Gasteiger partial charge in [-0.05, 0) is 37.5 Å². The third kappa shape index (κ3) is 4.59. The van der Waals surface area contributed by atoms with Crippen molar-refractivity contribution in [1.29, 1.82) is 0 Å². The van der Waals surface area contributed by atoms with Crippen molar-refractivity contribution < 1.29 is 4.79 Å². The van der Waals surface area contributed by atoms with Crippen LogP contribution < -0.4 is 16.6 Å². The number of nitrogens with zero attached hydrogens (tertiary/aromatic N) is 3. The number of amides is 1. The standard InChI is InChI=1S/C18H23N5O2/c19-16-7-6-15(12-20-16)21-14-4-3-10-22(11-8-14)18(25)13-23-9-2-1-5-17(23)24/h1-2,5-7,9,12,14,21H,3-4,8,10-11,13H2,(H2,19,20)/t14-/m1/s1. The van der Waals surface area contributed by atoms with Gasteiger partial charge in [0.25, 0.3) is 5.56 Å². The minimum absolute atomic E-state index is 0.0110. The van der Waals surface area contributed by atoms with E-state index in [0.717, 1.165) is 31.5 Å². The van der Waals surface area contributed by atoms with Crippen LogP contribution in [0.5, 0.6) is 0 Å². The summed E-state index contributed by atoms with van der Waals surface area (Å²) in [7, 11) is 0. The monoisotopic (exact) mass is 341 g/mol. The van der Waals surface area contributed by atoms with E-state index in [0.29, 0.717) is 18.4 Å². The molecule has 1 aliphatic heterocycles. The zero-order valence-electron chi connectivity index (χ0n) is 14.1. The quantitative estimate of drug-likeness (QED) is 0.875. The van der Waals surface area contributed by atoms with Gasteiger partial charge in [0.05, 0.1) is 11.9 Å². The SMILES string of the molecule is Nc1ccc(N[C@@H]2CCCN(C(=O)Cn3ccccc3=O)CC2)cn1. The van der Waals surface area contributed by atoms with E-state index in [2.05, 4.69) is 10.3 Å². The highest BCUT2D eigenvalue weighted by Crippen LogP contribution is 2.17. The molecule has 1 amide bonds. The zero-order valence-corrected chi connectivity index (χ0v) is 14.1. The number of carbonyl (C=O) groups is 1. The molecule has 0 aromatic carbocycles. The number of hydrogen-bond acceptors (Lipinski definition) is 5. The van der Waals surface area contributed by atoms with Crippen molar-refractivity contribution >= 4 is 17.4 Å². The second-order valence-electron chi connectivity index (χ2n) is 6.29. The second-order valence-corrected chi connectivity index (χ2v) is 6.29. The number of nitrogens with two attached hydrogens (primary N) is 1. The fraction of sp³-hybridized carbons (Fsp3) is 0.389. The van der Waals surface area contributed by atoms with E-state index >= 15 is 0 Å². The Morgan fingerprint density at radius 1 is 1.24 bits per heavy atom. The summed E-state index contributed by atoms with van der Waals surface area (Å²) in [5.41, 5.74) is 6.39. The van der Waals surface area contributed by atoms with Crippen LogP contribution in [-0.4, -0.2) is 39.5 Å². The molecule has 2 aromatic rings. The Hall–Kier alpha value is -2.83. The third-order valence-electron chi connectivity index (χ3n) is 4.44. The molecule has 0 aliphatic carbocycles. The van der Waals surface area contributed by atoms with Gasteiger partial charge in [-0.25, -0.2) is 4.98 Å². The van der Waals surface area contributed by atoms with Crippen LogP contribution in [0.4, 0.5) is 11.5 Å². The first-order valence-corrected chi connectivity index (χ1v) is 8.53. The van der Waals surface area contributed by atoms with E-state index in [9.17, 15) is 9.59 Å². The Kier molecular flexibility index (Phi) is 5.33. The Bertz CT molecular complexity index is 772. The van der Waals surface area contributed by atoms with Gasteiger partial charge in [-0.15, -0.1) is 0 Å². The number of nitrogens with one attached hydrogen (secondary N) is 1. The van der Waals surface area contributed by atoms with Crippen molar-refractivity contribution in [2.75, 3.05) is 24.1 Å². The lowest BCUT2D eigenvalue weighted by molar-refractivity contribution is -0.131. The molecule has 1 fully saturated rings. The molecule has 0 spiro atoms. The molecular formula is C18H23N5O2. The maximum absolute atomic E-state index is 12.5. The number of aromatic nitrogens is 2. The van der Waals surface area contributed by atoms with Gasteiger partial charge in [-0.1, -0.05) is 6.07 Å². The molecule has 1 saturated heterocycles. The van der Waals surface area contributed by atoms with Gasteiger partial charge in [-0.3, -0.25) is 9.59 Å². The molecule has 0 unspecified atom stereocenters. The van der Waals surface area contributed by atoms with Gasteiger partial charge in [-0.2, -0.15) is 0 Å². The molecule has 132 valence electrons. The van der Waals surface area contributed by atoms with E-state index < -0.39 is 0 Å². The highest BCUT2D eigenvalue weighted by Gasteiger charge is 2.21. The van der Waals surface area contributed by atoms with Crippen molar-refractivity contribution in [1.82, 2.24) is 14.5 Å². The van der Waals surface area contributed by atoms with E-state index in [4.69, 9.17) is 5.73 Å². The average molecular weight is 341 g/mol. The summed E-state index contributed by atoms with van der Waals surface area (Å²) in [5, 5.41) is 3.46. The second kappa shape index (κ2) is 7.83. The summed E-state index contributed by atoms with van der Waals surface area (Å²) >= 11 is 0. The number of anilines is 2. The van der Waals surface area contributed by atoms with Gasteiger partial charge < -0.3 is 20.5 Å². The highest BCUT2D eigenvalue weighted by atomic mass is 16.2. The van der Waals surface area contributed by atoms with Crippen molar-refractivity contribution in [2.45, 2.75) is 31.8 Å². The maximum Gasteiger partial charge on any atom is 0.250 e. The molecule has 3 rings (SSSR count). The van der Waals surface area contributed by atoms with Gasteiger partial charge in [0.2, 0.25) is 5.91 Å². The average Bonchev–Trinajstić information content (AvgIpc) is 2.85. The first-order valence-electron chi connectivity index (χ1n) is 8.53. The molecule has 3 N–H and O–H groups in total. The first-order chi connectivity index (χ1) is 12.1. The highest BCUT2D eigenvalue weighted by molar-refractivity contribution is 5.76. The summed E-state index contributed by atoms with van der Waals surface area (Å²) in [4.78, 5) is 30.2. The fourth-order valence-electron chi connectivity index (χ4n) is 3.05. The van der Waals surface area contributed by atoms with Crippen LogP contribution in [0.3, 0.4) is 0 Å². The molecule has 0 radical (unpaired) electrons. The number of hydrogen-bond donors (Lipinski definition) is 2. The van der Waals surface area contributed by atoms with Gasteiger partial charge >= 0.3 is 0 Å². The van der Waals surface area contributed by atoms with Crippen LogP contribution in [0, 0.1) is 0 Å². The number of likely N-dealkylation sites (tertiary alicyclic amines) is 1. The number of rotatable bonds is 4. The topological polar surface area (TPSA) is 93.2 Å². The van der Waals surface area contributed by atoms with Crippen LogP contribution in [0.25, 0.3) is 0 Å². The predicted molar refractivity (Wildman–Crippen MR) is 97.2 cm³/mol. The van der Waals surface area contributed by atoms with Crippen LogP contribution >= 0.6 is 0 Å². The van der Waals surface area contributed by atoms with E-state index in [-0.39, 0.29) is 18.0 Å². The molecule has 25 heavy (non-hydrogen) atoms. The summed E-state index contributed by atoms with van der Waals surface area (Å²) in [6, 6.07) is 8.89. The molecule has 0 saturated carbocycles. The summed E-state index contributed by atoms with van der Waals surface area (Å²) in [6.45, 7) is 1.50. The van der Waals surface area contributed by atoms with Gasteiger partial charge in [0.15, 0.2) is 0 Å². The van der Waals surface area contributed by atoms with Crippen LogP contribution in [0.1, 0.15) is 19.3 Å². The molecular weight excluding hydrogens is 318 g/mol. The van der Waals surface area contributed by atoms with Crippen LogP contribution in [-0.2, 0) is 11.3 Å². The smallest absolute Gasteiger partial charge is 0.250 e. The van der Waals surface area contributed by atoms with E-state index in [1.54, 1.807) is 30.6 Å². The summed E-state index contributed by atoms with van der Waals surface area (Å²) in [6.07, 6.45) is 6.15. The van der Waals surface area contributed by atoms with Crippen LogP contribution in [0.15, 0.2) is 47.5 Å². The summed E-state index contributed by atoms with van der Waals surface area (Å²) in [5.74, 6) is 0.488. The Balaban J connectivity index is 1.55. The maximum atomic E-state index is 12.5. The predicted octanol–water partition coefficient (Wildman–Crippen LogP) is 1.32. The van der Waals surface area contributed by atoms with Gasteiger partial charge in [0.1, 0.15) is 12.4 Å². The molecule has 2 aromatic heterocycles. The van der Waals surface area contributed by atoms with Crippen LogP contribution in [0.2, 0.25) is 0 Å². The normalized spacial score (nSPS) is 17.8. The van der Waals surface area contributed by atoms with Crippen molar-refractivity contribution in [3.05, 3.63) is 53.1 Å². The Labute approximate surface area is 146 Å². The molecule has 7 nitrogen and oxygen atoms in total. The van der Waals surface area contributed by atoms with Crippen molar-refractivity contribution in [3.63, 3.8) is 0 Å². The lowest BCUT2D eigenvalue weighted by atomic mass is 10.1. The largest absolute Gasteiger partial charge is 0.384 e. The van der Waals surface area contributed by atoms with Crippen molar-refractivity contribution in [3.8, 4) is 0 Å². The lowest BCUT2D eigenvalue weighted by Gasteiger charge is -2.21.